The summed E-state index contributed by atoms with van der Waals surface area (Å²) in [7, 11) is -1.89. The first-order valence-electron chi connectivity index (χ1n) is 6.61. The van der Waals surface area contributed by atoms with Gasteiger partial charge in [-0.1, -0.05) is 32.5 Å². The fourth-order valence-corrected chi connectivity index (χ4v) is 4.28. The average molecular weight is 304 g/mol. The zero-order valence-electron chi connectivity index (χ0n) is 12.9. The van der Waals surface area contributed by atoms with Crippen LogP contribution in [0.3, 0.4) is 0 Å². The standard InChI is InChI=1S/C13H25NO3SSi/c1-8(17-19(6,7)13(3,4)5)10-11(16)14-12(10)18-9(2)15/h8,10,12H,1-7H3,(H,14,16)/t8?,10-,12-/m1/s1. The third kappa shape index (κ3) is 3.83. The van der Waals surface area contributed by atoms with Gasteiger partial charge in [-0.05, 0) is 25.1 Å². The topological polar surface area (TPSA) is 55.4 Å². The van der Waals surface area contributed by atoms with Gasteiger partial charge >= 0.3 is 0 Å². The maximum atomic E-state index is 11.7. The SMILES string of the molecule is CC(=O)S[C@H]1NC(=O)[C@H]1C(C)O[Si](C)(C)C(C)(C)C. The molecule has 110 valence electrons. The van der Waals surface area contributed by atoms with Crippen molar-refractivity contribution in [2.45, 2.75) is 64.2 Å². The quantitative estimate of drug-likeness (QED) is 0.641. The van der Waals surface area contributed by atoms with Crippen LogP contribution in [0.25, 0.3) is 0 Å². The smallest absolute Gasteiger partial charge is 0.229 e. The van der Waals surface area contributed by atoms with Crippen molar-refractivity contribution < 1.29 is 14.0 Å². The number of β-lactam (4-membered cyclic amide) rings is 1. The first kappa shape index (κ1) is 16.7. The molecule has 0 bridgehead atoms. The Labute approximate surface area is 121 Å². The van der Waals surface area contributed by atoms with Crippen LogP contribution in [-0.2, 0) is 14.0 Å². The molecule has 1 aliphatic rings. The van der Waals surface area contributed by atoms with Crippen molar-refractivity contribution in [3.05, 3.63) is 0 Å². The van der Waals surface area contributed by atoms with E-state index in [-0.39, 0.29) is 33.5 Å². The van der Waals surface area contributed by atoms with Gasteiger partial charge in [0.1, 0.15) is 0 Å². The Kier molecular flexibility index (Phi) is 4.91. The number of carbonyl (C=O) groups excluding carboxylic acids is 2. The lowest BCUT2D eigenvalue weighted by molar-refractivity contribution is -0.136. The Morgan fingerprint density at radius 1 is 1.42 bits per heavy atom. The zero-order chi connectivity index (χ0) is 15.0. The number of hydrogen-bond donors (Lipinski definition) is 1. The van der Waals surface area contributed by atoms with Crippen molar-refractivity contribution >= 4 is 31.1 Å². The fourth-order valence-electron chi connectivity index (χ4n) is 1.82. The Bertz CT molecular complexity index is 379. The highest BCUT2D eigenvalue weighted by Gasteiger charge is 2.48. The molecule has 19 heavy (non-hydrogen) atoms. The molecular formula is C13H25NO3SSi. The minimum atomic E-state index is -1.89. The van der Waals surface area contributed by atoms with E-state index in [2.05, 4.69) is 39.2 Å². The molecule has 0 aliphatic carbocycles. The van der Waals surface area contributed by atoms with E-state index in [1.807, 2.05) is 6.92 Å². The average Bonchev–Trinajstić information content (AvgIpc) is 2.12. The van der Waals surface area contributed by atoms with E-state index in [1.54, 1.807) is 0 Å². The molecular weight excluding hydrogens is 278 g/mol. The van der Waals surface area contributed by atoms with Crippen LogP contribution < -0.4 is 5.32 Å². The molecule has 1 N–H and O–H groups in total. The summed E-state index contributed by atoms with van der Waals surface area (Å²) < 4.78 is 6.24. The number of rotatable bonds is 4. The lowest BCUT2D eigenvalue weighted by Gasteiger charge is -2.44. The Hall–Kier alpha value is -0.333. The molecule has 4 nitrogen and oxygen atoms in total. The van der Waals surface area contributed by atoms with Crippen LogP contribution in [-0.4, -0.2) is 30.8 Å². The second kappa shape index (κ2) is 5.58. The van der Waals surface area contributed by atoms with E-state index < -0.39 is 8.32 Å². The van der Waals surface area contributed by atoms with Gasteiger partial charge in [-0.25, -0.2) is 0 Å². The summed E-state index contributed by atoms with van der Waals surface area (Å²) in [5.41, 5.74) is 0. The molecule has 1 rings (SSSR count). The summed E-state index contributed by atoms with van der Waals surface area (Å²) in [6.45, 7) is 14.3. The third-order valence-corrected chi connectivity index (χ3v) is 9.57. The van der Waals surface area contributed by atoms with Crippen molar-refractivity contribution in [2.24, 2.45) is 5.92 Å². The summed E-state index contributed by atoms with van der Waals surface area (Å²) in [6, 6.07) is 0. The third-order valence-electron chi connectivity index (χ3n) is 4.00. The Balaban J connectivity index is 2.69. The summed E-state index contributed by atoms with van der Waals surface area (Å²) in [5, 5.41) is 2.77. The summed E-state index contributed by atoms with van der Waals surface area (Å²) in [4.78, 5) is 22.8. The summed E-state index contributed by atoms with van der Waals surface area (Å²) in [5.74, 6) is -0.229. The molecule has 1 aliphatic heterocycles. The van der Waals surface area contributed by atoms with Crippen LogP contribution in [0.4, 0.5) is 0 Å². The minimum absolute atomic E-state index is 0.00930. The van der Waals surface area contributed by atoms with E-state index >= 15 is 0 Å². The molecule has 0 radical (unpaired) electrons. The van der Waals surface area contributed by atoms with E-state index in [1.165, 1.54) is 18.7 Å². The van der Waals surface area contributed by atoms with Crippen LogP contribution in [0.1, 0.15) is 34.6 Å². The van der Waals surface area contributed by atoms with Crippen LogP contribution in [0.2, 0.25) is 18.1 Å². The molecule has 0 aromatic heterocycles. The summed E-state index contributed by atoms with van der Waals surface area (Å²) >= 11 is 1.18. The summed E-state index contributed by atoms with van der Waals surface area (Å²) in [6.07, 6.45) is -0.147. The molecule has 1 heterocycles. The predicted molar refractivity (Wildman–Crippen MR) is 81.4 cm³/mol. The number of carbonyl (C=O) groups is 2. The van der Waals surface area contributed by atoms with Gasteiger partial charge in [-0.3, -0.25) is 9.59 Å². The first-order chi connectivity index (χ1) is 8.45. The predicted octanol–water partition coefficient (Wildman–Crippen LogP) is 2.75. The molecule has 0 spiro atoms. The van der Waals surface area contributed by atoms with Gasteiger partial charge in [-0.15, -0.1) is 0 Å². The van der Waals surface area contributed by atoms with Crippen LogP contribution in [0.15, 0.2) is 0 Å². The van der Waals surface area contributed by atoms with Crippen molar-refractivity contribution in [1.82, 2.24) is 5.32 Å². The highest BCUT2D eigenvalue weighted by atomic mass is 32.2. The highest BCUT2D eigenvalue weighted by Crippen LogP contribution is 2.40. The Morgan fingerprint density at radius 3 is 2.32 bits per heavy atom. The van der Waals surface area contributed by atoms with Crippen molar-refractivity contribution in [2.75, 3.05) is 0 Å². The fraction of sp³-hybridized carbons (Fsp3) is 0.846. The second-order valence-electron chi connectivity index (χ2n) is 6.65. The van der Waals surface area contributed by atoms with Gasteiger partial charge in [-0.2, -0.15) is 0 Å². The molecule has 0 aromatic carbocycles. The largest absolute Gasteiger partial charge is 0.413 e. The monoisotopic (exact) mass is 303 g/mol. The number of nitrogens with one attached hydrogen (secondary N) is 1. The molecule has 0 saturated carbocycles. The molecule has 1 amide bonds. The second-order valence-corrected chi connectivity index (χ2v) is 12.7. The molecule has 0 aromatic rings. The zero-order valence-corrected chi connectivity index (χ0v) is 14.7. The van der Waals surface area contributed by atoms with E-state index in [4.69, 9.17) is 4.43 Å². The van der Waals surface area contributed by atoms with Crippen molar-refractivity contribution in [3.63, 3.8) is 0 Å². The van der Waals surface area contributed by atoms with Gasteiger partial charge in [0, 0.05) is 6.92 Å². The van der Waals surface area contributed by atoms with E-state index in [0.29, 0.717) is 0 Å². The normalized spacial score (nSPS) is 25.5. The van der Waals surface area contributed by atoms with Crippen LogP contribution in [0.5, 0.6) is 0 Å². The lowest BCUT2D eigenvalue weighted by Crippen LogP contribution is -2.62. The van der Waals surface area contributed by atoms with Crippen molar-refractivity contribution in [1.29, 1.82) is 0 Å². The Morgan fingerprint density at radius 2 is 1.95 bits per heavy atom. The van der Waals surface area contributed by atoms with Crippen molar-refractivity contribution in [3.8, 4) is 0 Å². The number of thioether (sulfide) groups is 1. The van der Waals surface area contributed by atoms with E-state index in [0.717, 1.165) is 0 Å². The minimum Gasteiger partial charge on any atom is -0.413 e. The number of amides is 1. The lowest BCUT2D eigenvalue weighted by atomic mass is 9.96. The van der Waals surface area contributed by atoms with E-state index in [9.17, 15) is 9.59 Å². The maximum Gasteiger partial charge on any atom is 0.229 e. The van der Waals surface area contributed by atoms with Gasteiger partial charge in [0.2, 0.25) is 5.91 Å². The van der Waals surface area contributed by atoms with Crippen LogP contribution >= 0.6 is 11.8 Å². The molecule has 1 fully saturated rings. The van der Waals surface area contributed by atoms with Gasteiger partial charge in [0.05, 0.1) is 17.4 Å². The van der Waals surface area contributed by atoms with Gasteiger partial charge in [0.15, 0.2) is 13.4 Å². The first-order valence-corrected chi connectivity index (χ1v) is 10.4. The molecule has 1 unspecified atom stereocenters. The molecule has 1 saturated heterocycles. The highest BCUT2D eigenvalue weighted by molar-refractivity contribution is 8.14. The number of hydrogen-bond acceptors (Lipinski definition) is 4. The molecule has 6 heteroatoms. The molecule has 3 atom stereocenters. The maximum absolute atomic E-state index is 11.7. The van der Waals surface area contributed by atoms with Gasteiger partial charge < -0.3 is 9.74 Å². The van der Waals surface area contributed by atoms with Gasteiger partial charge in [0.25, 0.3) is 0 Å². The van der Waals surface area contributed by atoms with Crippen LogP contribution in [0, 0.1) is 5.92 Å².